The molecule has 104 valence electrons. The van der Waals surface area contributed by atoms with Crippen LogP contribution in [0.15, 0.2) is 40.4 Å². The second kappa shape index (κ2) is 6.21. The van der Waals surface area contributed by atoms with E-state index in [4.69, 9.17) is 11.6 Å². The van der Waals surface area contributed by atoms with Gasteiger partial charge >= 0.3 is 0 Å². The molecule has 3 N–H and O–H groups in total. The minimum absolute atomic E-state index is 0.00455. The van der Waals surface area contributed by atoms with E-state index in [1.807, 2.05) is 6.92 Å². The molecule has 6 nitrogen and oxygen atoms in total. The quantitative estimate of drug-likeness (QED) is 0.596. The highest BCUT2D eigenvalue weighted by atomic mass is 35.5. The van der Waals surface area contributed by atoms with Gasteiger partial charge in [0.2, 0.25) is 0 Å². The van der Waals surface area contributed by atoms with Crippen molar-refractivity contribution in [2.24, 2.45) is 5.10 Å². The van der Waals surface area contributed by atoms with Crippen molar-refractivity contribution in [3.8, 4) is 5.75 Å². The summed E-state index contributed by atoms with van der Waals surface area (Å²) in [4.78, 5) is 11.3. The Kier molecular flexibility index (Phi) is 4.37. The molecular formula is C13H13ClN4O2. The van der Waals surface area contributed by atoms with E-state index in [9.17, 15) is 9.90 Å². The monoisotopic (exact) mass is 292 g/mol. The lowest BCUT2D eigenvalue weighted by molar-refractivity contribution is 0.475. The Balaban J connectivity index is 2.26. The predicted molar refractivity (Wildman–Crippen MR) is 78.4 cm³/mol. The van der Waals surface area contributed by atoms with E-state index in [1.165, 1.54) is 6.20 Å². The van der Waals surface area contributed by atoms with Crippen LogP contribution >= 0.6 is 11.6 Å². The zero-order valence-corrected chi connectivity index (χ0v) is 11.5. The lowest BCUT2D eigenvalue weighted by Gasteiger charge is -2.06. The Morgan fingerprint density at radius 3 is 2.80 bits per heavy atom. The predicted octanol–water partition coefficient (Wildman–Crippen LogP) is 2.36. The maximum absolute atomic E-state index is 11.3. The Bertz CT molecular complexity index is 680. The number of nitrogens with zero attached hydrogens (tertiary/aromatic N) is 2. The summed E-state index contributed by atoms with van der Waals surface area (Å²) in [5.74, 6) is 0.194. The zero-order chi connectivity index (χ0) is 14.5. The molecule has 0 radical (unpaired) electrons. The van der Waals surface area contributed by atoms with E-state index >= 15 is 0 Å². The molecule has 1 aromatic heterocycles. The number of halogens is 1. The van der Waals surface area contributed by atoms with Crippen LogP contribution in [0.1, 0.15) is 18.9 Å². The minimum atomic E-state index is -0.477. The molecule has 1 heterocycles. The molecule has 0 amide bonds. The molecule has 0 unspecified atom stereocenters. The molecule has 0 fully saturated rings. The summed E-state index contributed by atoms with van der Waals surface area (Å²) < 4.78 is 0. The number of H-pyrrole nitrogens is 1. The van der Waals surface area contributed by atoms with Gasteiger partial charge in [-0.1, -0.05) is 18.5 Å². The topological polar surface area (TPSA) is 90.4 Å². The van der Waals surface area contributed by atoms with Crippen molar-refractivity contribution >= 4 is 23.0 Å². The molecule has 7 heteroatoms. The first kappa shape index (κ1) is 14.1. The smallest absolute Gasteiger partial charge is 0.285 e. The summed E-state index contributed by atoms with van der Waals surface area (Å²) >= 11 is 5.84. The largest absolute Gasteiger partial charge is 0.508 e. The van der Waals surface area contributed by atoms with Crippen molar-refractivity contribution in [3.05, 3.63) is 51.4 Å². The first-order valence-corrected chi connectivity index (χ1v) is 6.34. The molecule has 2 rings (SSSR count). The summed E-state index contributed by atoms with van der Waals surface area (Å²) in [6, 6.07) is 6.69. The second-order valence-corrected chi connectivity index (χ2v) is 4.38. The fraction of sp³-hybridized carbons (Fsp3) is 0.154. The van der Waals surface area contributed by atoms with E-state index in [0.29, 0.717) is 12.1 Å². The van der Waals surface area contributed by atoms with Crippen LogP contribution in [0.3, 0.4) is 0 Å². The molecule has 0 saturated heterocycles. The first-order chi connectivity index (χ1) is 9.61. The number of anilines is 1. The number of aromatic nitrogens is 2. The lowest BCUT2D eigenvalue weighted by atomic mass is 10.1. The van der Waals surface area contributed by atoms with Crippen LogP contribution < -0.4 is 11.0 Å². The van der Waals surface area contributed by atoms with Crippen LogP contribution in [0.25, 0.3) is 0 Å². The standard InChI is InChI=1S/C13H13ClN4O2/c1-2-10(8-3-5-9(19)6-4-8)16-17-11-7-15-18-13(20)12(11)14/h3-7,19H,2H2,1H3,(H2,17,18,20)/b16-10+. The number of benzene rings is 1. The number of aromatic amines is 1. The fourth-order valence-electron chi connectivity index (χ4n) is 1.59. The molecule has 1 aromatic carbocycles. The molecule has 0 saturated carbocycles. The van der Waals surface area contributed by atoms with Crippen molar-refractivity contribution in [1.82, 2.24) is 10.2 Å². The summed E-state index contributed by atoms with van der Waals surface area (Å²) in [7, 11) is 0. The summed E-state index contributed by atoms with van der Waals surface area (Å²) in [6.45, 7) is 1.95. The maximum Gasteiger partial charge on any atom is 0.285 e. The van der Waals surface area contributed by atoms with Gasteiger partial charge in [-0.2, -0.15) is 10.2 Å². The Hall–Kier alpha value is -2.34. The van der Waals surface area contributed by atoms with Crippen LogP contribution in [0.5, 0.6) is 5.75 Å². The van der Waals surface area contributed by atoms with Crippen LogP contribution in [0, 0.1) is 0 Å². The lowest BCUT2D eigenvalue weighted by Crippen LogP contribution is -2.11. The number of rotatable bonds is 4. The van der Waals surface area contributed by atoms with Gasteiger partial charge in [0.1, 0.15) is 16.5 Å². The number of hydrogen-bond acceptors (Lipinski definition) is 5. The van der Waals surface area contributed by atoms with Gasteiger partial charge in [0.25, 0.3) is 5.56 Å². The van der Waals surface area contributed by atoms with Gasteiger partial charge in [0, 0.05) is 0 Å². The first-order valence-electron chi connectivity index (χ1n) is 5.97. The number of nitrogens with one attached hydrogen (secondary N) is 2. The van der Waals surface area contributed by atoms with E-state index in [0.717, 1.165) is 11.3 Å². The average molecular weight is 293 g/mol. The van der Waals surface area contributed by atoms with Crippen molar-refractivity contribution in [2.75, 3.05) is 5.43 Å². The minimum Gasteiger partial charge on any atom is -0.508 e. The second-order valence-electron chi connectivity index (χ2n) is 4.00. The van der Waals surface area contributed by atoms with Crippen molar-refractivity contribution in [2.45, 2.75) is 13.3 Å². The van der Waals surface area contributed by atoms with Gasteiger partial charge < -0.3 is 5.11 Å². The van der Waals surface area contributed by atoms with Crippen LogP contribution in [-0.2, 0) is 0 Å². The number of phenols is 1. The van der Waals surface area contributed by atoms with Crippen molar-refractivity contribution < 1.29 is 5.11 Å². The molecule has 0 aliphatic carbocycles. The molecule has 0 aliphatic heterocycles. The van der Waals surface area contributed by atoms with Gasteiger partial charge in [-0.25, -0.2) is 5.10 Å². The molecule has 0 bridgehead atoms. The zero-order valence-electron chi connectivity index (χ0n) is 10.7. The normalized spacial score (nSPS) is 11.4. The Morgan fingerprint density at radius 1 is 1.45 bits per heavy atom. The van der Waals surface area contributed by atoms with Crippen LogP contribution in [0.2, 0.25) is 5.02 Å². The van der Waals surface area contributed by atoms with Crippen molar-refractivity contribution in [3.63, 3.8) is 0 Å². The SMILES string of the molecule is CC/C(=N\Nc1cn[nH]c(=O)c1Cl)c1ccc(O)cc1. The molecule has 20 heavy (non-hydrogen) atoms. The molecule has 0 spiro atoms. The highest BCUT2D eigenvalue weighted by Crippen LogP contribution is 2.16. The number of aromatic hydroxyl groups is 1. The number of phenolic OH excluding ortho intramolecular Hbond substituents is 1. The van der Waals surface area contributed by atoms with Crippen molar-refractivity contribution in [1.29, 1.82) is 0 Å². The van der Waals surface area contributed by atoms with Crippen LogP contribution in [0.4, 0.5) is 5.69 Å². The summed E-state index contributed by atoms with van der Waals surface area (Å²) in [6.07, 6.45) is 2.06. The fourth-order valence-corrected chi connectivity index (χ4v) is 1.72. The molecule has 0 aliphatic rings. The van der Waals surface area contributed by atoms with Gasteiger partial charge in [0.05, 0.1) is 11.9 Å². The Labute approximate surface area is 120 Å². The molecule has 0 atom stereocenters. The molecule has 2 aromatic rings. The van der Waals surface area contributed by atoms with Gasteiger partial charge in [-0.3, -0.25) is 10.2 Å². The highest BCUT2D eigenvalue weighted by Gasteiger charge is 2.05. The van der Waals surface area contributed by atoms with Gasteiger partial charge in [0.15, 0.2) is 0 Å². The number of hydrazone groups is 1. The third-order valence-electron chi connectivity index (χ3n) is 2.64. The van der Waals surface area contributed by atoms with Gasteiger partial charge in [-0.15, -0.1) is 0 Å². The van der Waals surface area contributed by atoms with E-state index in [2.05, 4.69) is 20.7 Å². The average Bonchev–Trinajstić information content (AvgIpc) is 2.45. The summed E-state index contributed by atoms with van der Waals surface area (Å²) in [5.41, 5.74) is 4.22. The van der Waals surface area contributed by atoms with E-state index in [-0.39, 0.29) is 10.8 Å². The number of hydrogen-bond donors (Lipinski definition) is 3. The third-order valence-corrected chi connectivity index (χ3v) is 3.02. The van der Waals surface area contributed by atoms with E-state index in [1.54, 1.807) is 24.3 Å². The molecular weight excluding hydrogens is 280 g/mol. The van der Waals surface area contributed by atoms with Gasteiger partial charge in [-0.05, 0) is 36.2 Å². The Morgan fingerprint density at radius 2 is 2.15 bits per heavy atom. The highest BCUT2D eigenvalue weighted by molar-refractivity contribution is 6.32. The van der Waals surface area contributed by atoms with E-state index < -0.39 is 5.56 Å². The summed E-state index contributed by atoms with van der Waals surface area (Å²) in [5, 5.41) is 19.4. The third kappa shape index (κ3) is 3.16. The maximum atomic E-state index is 11.3. The van der Waals surface area contributed by atoms with Crippen LogP contribution in [-0.4, -0.2) is 21.0 Å².